The topological polar surface area (TPSA) is 108 Å². The zero-order valence-corrected chi connectivity index (χ0v) is 16.8. The Morgan fingerprint density at radius 3 is 2.18 bits per heavy atom. The molecule has 2 heterocycles. The molecular weight excluding hydrogens is 358 g/mol. The van der Waals surface area contributed by atoms with Crippen LogP contribution in [0.3, 0.4) is 0 Å². The van der Waals surface area contributed by atoms with E-state index in [1.807, 2.05) is 9.80 Å². The van der Waals surface area contributed by atoms with E-state index < -0.39 is 0 Å². The number of rotatable bonds is 5. The van der Waals surface area contributed by atoms with E-state index >= 15 is 0 Å². The van der Waals surface area contributed by atoms with Crippen LogP contribution >= 0.6 is 0 Å². The van der Waals surface area contributed by atoms with Gasteiger partial charge in [-0.3, -0.25) is 14.5 Å². The Morgan fingerprint density at radius 2 is 1.50 bits per heavy atom. The van der Waals surface area contributed by atoms with Gasteiger partial charge >= 0.3 is 6.03 Å². The van der Waals surface area contributed by atoms with Gasteiger partial charge in [0, 0.05) is 31.7 Å². The van der Waals surface area contributed by atoms with Crippen molar-refractivity contribution >= 4 is 17.8 Å². The van der Waals surface area contributed by atoms with Gasteiger partial charge in [0.1, 0.15) is 0 Å². The van der Waals surface area contributed by atoms with Gasteiger partial charge in [-0.2, -0.15) is 0 Å². The maximum Gasteiger partial charge on any atom is 0.317 e. The maximum atomic E-state index is 12.6. The number of carbonyl (C=O) groups is 3. The molecule has 1 aliphatic carbocycles. The molecule has 1 unspecified atom stereocenters. The van der Waals surface area contributed by atoms with E-state index in [0.29, 0.717) is 25.7 Å². The van der Waals surface area contributed by atoms with Gasteiger partial charge in [-0.15, -0.1) is 0 Å². The number of piperidine rings is 2. The molecule has 0 radical (unpaired) electrons. The molecular formula is C20H35N5O3. The predicted molar refractivity (Wildman–Crippen MR) is 107 cm³/mol. The zero-order valence-electron chi connectivity index (χ0n) is 16.8. The average Bonchev–Trinajstić information content (AvgIpc) is 2.69. The first-order valence-corrected chi connectivity index (χ1v) is 10.9. The van der Waals surface area contributed by atoms with E-state index in [2.05, 4.69) is 10.6 Å². The smallest absolute Gasteiger partial charge is 0.317 e. The molecule has 0 spiro atoms. The number of nitrogens with one attached hydrogen (secondary N) is 2. The van der Waals surface area contributed by atoms with Gasteiger partial charge in [-0.1, -0.05) is 19.3 Å². The van der Waals surface area contributed by atoms with E-state index in [-0.39, 0.29) is 36.3 Å². The molecule has 3 aliphatic rings. The minimum Gasteiger partial charge on any atom is -0.369 e. The number of hydrogen-bond acceptors (Lipinski definition) is 4. The van der Waals surface area contributed by atoms with Crippen molar-refractivity contribution in [1.82, 2.24) is 20.4 Å². The highest BCUT2D eigenvalue weighted by Crippen LogP contribution is 2.20. The van der Waals surface area contributed by atoms with Gasteiger partial charge < -0.3 is 21.3 Å². The normalized spacial score (nSPS) is 25.3. The molecule has 1 atom stereocenters. The van der Waals surface area contributed by atoms with E-state index in [1.165, 1.54) is 19.3 Å². The summed E-state index contributed by atoms with van der Waals surface area (Å²) in [5.74, 6) is -0.361. The summed E-state index contributed by atoms with van der Waals surface area (Å²) in [7, 11) is 0. The number of hydrogen-bond donors (Lipinski definition) is 3. The first-order valence-electron chi connectivity index (χ1n) is 10.9. The standard InChI is InChI=1S/C20H35N5O3/c21-18(26)14-24-10-4-5-15(13-24)19(27)22-17-8-11-25(12-9-17)20(28)23-16-6-2-1-3-7-16/h15-17H,1-14H2,(H2,21,26)(H,22,27)(H,23,28). The predicted octanol–water partition coefficient (Wildman–Crippen LogP) is 0.807. The van der Waals surface area contributed by atoms with Gasteiger partial charge in [0.25, 0.3) is 0 Å². The fourth-order valence-electron chi connectivity index (χ4n) is 4.69. The van der Waals surface area contributed by atoms with Crippen LogP contribution < -0.4 is 16.4 Å². The first-order chi connectivity index (χ1) is 13.5. The fourth-order valence-corrected chi connectivity index (χ4v) is 4.69. The van der Waals surface area contributed by atoms with E-state index in [9.17, 15) is 14.4 Å². The maximum absolute atomic E-state index is 12.6. The first kappa shape index (κ1) is 20.9. The van der Waals surface area contributed by atoms with Crippen LogP contribution in [-0.4, -0.2) is 72.5 Å². The number of nitrogens with zero attached hydrogens (tertiary/aromatic N) is 2. The summed E-state index contributed by atoms with van der Waals surface area (Å²) in [6, 6.07) is 0.497. The van der Waals surface area contributed by atoms with Crippen molar-refractivity contribution in [2.24, 2.45) is 11.7 Å². The third-order valence-corrected chi connectivity index (χ3v) is 6.32. The van der Waals surface area contributed by atoms with Crippen LogP contribution in [0.1, 0.15) is 57.8 Å². The van der Waals surface area contributed by atoms with Crippen molar-refractivity contribution in [3.05, 3.63) is 0 Å². The lowest BCUT2D eigenvalue weighted by atomic mass is 9.95. The van der Waals surface area contributed by atoms with Crippen LogP contribution in [0.5, 0.6) is 0 Å². The number of likely N-dealkylation sites (tertiary alicyclic amines) is 2. The molecule has 3 fully saturated rings. The van der Waals surface area contributed by atoms with E-state index in [4.69, 9.17) is 5.73 Å². The van der Waals surface area contributed by atoms with Crippen LogP contribution in [0.4, 0.5) is 4.79 Å². The van der Waals surface area contributed by atoms with Gasteiger partial charge in [0.15, 0.2) is 0 Å². The zero-order chi connectivity index (χ0) is 19.9. The average molecular weight is 394 g/mol. The SMILES string of the molecule is NC(=O)CN1CCCC(C(=O)NC2CCN(C(=O)NC3CCCCC3)CC2)C1. The molecule has 4 N–H and O–H groups in total. The lowest BCUT2D eigenvalue weighted by Gasteiger charge is -2.36. The highest BCUT2D eigenvalue weighted by molar-refractivity contribution is 5.80. The second-order valence-electron chi connectivity index (χ2n) is 8.59. The van der Waals surface area contributed by atoms with Crippen molar-refractivity contribution < 1.29 is 14.4 Å². The Balaban J connectivity index is 1.38. The lowest BCUT2D eigenvalue weighted by Crippen LogP contribution is -2.53. The summed E-state index contributed by atoms with van der Waals surface area (Å²) >= 11 is 0. The van der Waals surface area contributed by atoms with E-state index in [0.717, 1.165) is 45.1 Å². The molecule has 4 amide bonds. The molecule has 0 aromatic rings. The van der Waals surface area contributed by atoms with E-state index in [1.54, 1.807) is 0 Å². The third-order valence-electron chi connectivity index (χ3n) is 6.32. The molecule has 1 saturated carbocycles. The second kappa shape index (κ2) is 10.1. The highest BCUT2D eigenvalue weighted by atomic mass is 16.2. The fraction of sp³-hybridized carbons (Fsp3) is 0.850. The molecule has 158 valence electrons. The van der Waals surface area contributed by atoms with Crippen LogP contribution in [-0.2, 0) is 9.59 Å². The van der Waals surface area contributed by atoms with Crippen molar-refractivity contribution in [1.29, 1.82) is 0 Å². The number of amides is 4. The summed E-state index contributed by atoms with van der Waals surface area (Å²) in [6.45, 7) is 3.00. The van der Waals surface area contributed by atoms with Crippen molar-refractivity contribution in [2.75, 3.05) is 32.7 Å². The number of nitrogens with two attached hydrogens (primary N) is 1. The Labute approximate surface area is 167 Å². The molecule has 0 bridgehead atoms. The lowest BCUT2D eigenvalue weighted by molar-refractivity contribution is -0.129. The summed E-state index contributed by atoms with van der Waals surface area (Å²) in [5, 5.41) is 6.34. The molecule has 28 heavy (non-hydrogen) atoms. The molecule has 0 aromatic heterocycles. The summed E-state index contributed by atoms with van der Waals surface area (Å²) in [4.78, 5) is 40.0. The molecule has 2 aliphatic heterocycles. The number of primary amides is 1. The van der Waals surface area contributed by atoms with Crippen LogP contribution in [0.25, 0.3) is 0 Å². The number of carbonyl (C=O) groups excluding carboxylic acids is 3. The van der Waals surface area contributed by atoms with Gasteiger partial charge in [0.2, 0.25) is 11.8 Å². The van der Waals surface area contributed by atoms with Gasteiger partial charge in [-0.25, -0.2) is 4.79 Å². The third kappa shape index (κ3) is 6.09. The Bertz CT molecular complexity index is 556. The Morgan fingerprint density at radius 1 is 0.821 bits per heavy atom. The Hall–Kier alpha value is -1.83. The monoisotopic (exact) mass is 393 g/mol. The molecule has 3 rings (SSSR count). The van der Waals surface area contributed by atoms with Crippen molar-refractivity contribution in [2.45, 2.75) is 69.9 Å². The molecule has 0 aromatic carbocycles. The quantitative estimate of drug-likeness (QED) is 0.642. The summed E-state index contributed by atoms with van der Waals surface area (Å²) in [6.07, 6.45) is 9.21. The molecule has 8 nitrogen and oxygen atoms in total. The minimum atomic E-state index is -0.347. The van der Waals surface area contributed by atoms with Crippen LogP contribution in [0.15, 0.2) is 0 Å². The van der Waals surface area contributed by atoms with Crippen LogP contribution in [0, 0.1) is 5.92 Å². The summed E-state index contributed by atoms with van der Waals surface area (Å²) in [5.41, 5.74) is 5.27. The summed E-state index contributed by atoms with van der Waals surface area (Å²) < 4.78 is 0. The van der Waals surface area contributed by atoms with Gasteiger partial charge in [-0.05, 0) is 45.1 Å². The Kier molecular flexibility index (Phi) is 7.53. The van der Waals surface area contributed by atoms with Crippen molar-refractivity contribution in [3.8, 4) is 0 Å². The second-order valence-corrected chi connectivity index (χ2v) is 8.59. The molecule has 8 heteroatoms. The highest BCUT2D eigenvalue weighted by Gasteiger charge is 2.30. The molecule has 2 saturated heterocycles. The minimum absolute atomic E-state index is 0.0473. The van der Waals surface area contributed by atoms with Crippen molar-refractivity contribution in [3.63, 3.8) is 0 Å². The largest absolute Gasteiger partial charge is 0.369 e. The van der Waals surface area contributed by atoms with Gasteiger partial charge in [0.05, 0.1) is 12.5 Å². The number of urea groups is 1. The van der Waals surface area contributed by atoms with Crippen LogP contribution in [0.2, 0.25) is 0 Å².